The first kappa shape index (κ1) is 34.4. The van der Waals surface area contributed by atoms with Crippen molar-refractivity contribution in [3.8, 4) is 5.75 Å². The van der Waals surface area contributed by atoms with Crippen molar-refractivity contribution >= 4 is 28.1 Å². The number of carbonyl (C=O) groups is 3. The lowest BCUT2D eigenvalue weighted by Gasteiger charge is -2.48. The van der Waals surface area contributed by atoms with Gasteiger partial charge in [-0.05, 0) is 68.3 Å². The predicted molar refractivity (Wildman–Crippen MR) is 165 cm³/mol. The van der Waals surface area contributed by atoms with E-state index in [9.17, 15) is 32.3 Å². The Hall–Kier alpha value is -4.49. The third kappa shape index (κ3) is 8.20. The standard InChI is InChI=1S/C33H37FN2O9S/c1-31(2,3)29(39)44-32(4,5)45-30(40)35-27(28(37)38)19-22-10-9-13-26(18-22)46(41,42)36-20-33(21-36,23-11-7-6-8-12-23)43-25-16-14-24(34)15-17-25/h6-18,27H,19-21H2,1-5H3,(H,35,40)(H,37,38). The molecule has 2 N–H and O–H groups in total. The lowest BCUT2D eigenvalue weighted by Crippen LogP contribution is -2.64. The van der Waals surface area contributed by atoms with E-state index in [1.165, 1.54) is 60.6 Å². The van der Waals surface area contributed by atoms with E-state index in [0.29, 0.717) is 11.3 Å². The van der Waals surface area contributed by atoms with Crippen molar-refractivity contribution in [3.05, 3.63) is 95.8 Å². The van der Waals surface area contributed by atoms with Crippen LogP contribution in [0.15, 0.2) is 83.8 Å². The number of carbonyl (C=O) groups excluding carboxylic acids is 2. The first-order chi connectivity index (χ1) is 21.4. The van der Waals surface area contributed by atoms with Crippen LogP contribution in [-0.4, -0.2) is 60.8 Å². The van der Waals surface area contributed by atoms with Crippen molar-refractivity contribution in [1.29, 1.82) is 0 Å². The Bertz CT molecular complexity index is 1680. The molecule has 3 aromatic rings. The number of hydrogen-bond acceptors (Lipinski definition) is 8. The Balaban J connectivity index is 1.47. The molecule has 46 heavy (non-hydrogen) atoms. The number of alkyl carbamates (subject to hydrolysis) is 1. The second-order valence-electron chi connectivity index (χ2n) is 12.5. The molecule has 0 radical (unpaired) electrons. The minimum absolute atomic E-state index is 0.0261. The molecular weight excluding hydrogens is 619 g/mol. The first-order valence-electron chi connectivity index (χ1n) is 14.5. The van der Waals surface area contributed by atoms with E-state index >= 15 is 0 Å². The zero-order valence-corrected chi connectivity index (χ0v) is 27.0. The Labute approximate surface area is 267 Å². The molecule has 1 fully saturated rings. The van der Waals surface area contributed by atoms with Crippen LogP contribution < -0.4 is 10.1 Å². The smallest absolute Gasteiger partial charge is 0.411 e. The molecule has 1 atom stereocenters. The fourth-order valence-corrected chi connectivity index (χ4v) is 6.29. The number of esters is 1. The van der Waals surface area contributed by atoms with Crippen LogP contribution in [0.5, 0.6) is 5.75 Å². The maximum atomic E-state index is 13.7. The molecule has 1 heterocycles. The highest BCUT2D eigenvalue weighted by atomic mass is 32.2. The Kier molecular flexibility index (Phi) is 9.78. The second kappa shape index (κ2) is 13.1. The fraction of sp³-hybridized carbons (Fsp3) is 0.364. The first-order valence-corrected chi connectivity index (χ1v) is 15.9. The zero-order chi connectivity index (χ0) is 33.9. The van der Waals surface area contributed by atoms with Gasteiger partial charge in [0.05, 0.1) is 23.4 Å². The minimum atomic E-state index is -4.04. The molecule has 11 nitrogen and oxygen atoms in total. The molecule has 4 rings (SSSR count). The number of nitrogens with one attached hydrogen (secondary N) is 1. The van der Waals surface area contributed by atoms with Crippen LogP contribution in [-0.2, 0) is 41.1 Å². The Morgan fingerprint density at radius 3 is 2.15 bits per heavy atom. The molecular formula is C33H37FN2O9S. The summed E-state index contributed by atoms with van der Waals surface area (Å²) in [7, 11) is -4.04. The summed E-state index contributed by atoms with van der Waals surface area (Å²) in [6.07, 6.45) is -1.40. The molecule has 0 bridgehead atoms. The van der Waals surface area contributed by atoms with E-state index < -0.39 is 56.7 Å². The molecule has 3 aromatic carbocycles. The number of aliphatic carboxylic acids is 1. The highest BCUT2D eigenvalue weighted by Crippen LogP contribution is 2.40. The van der Waals surface area contributed by atoms with Crippen LogP contribution in [0.4, 0.5) is 9.18 Å². The van der Waals surface area contributed by atoms with Crippen molar-refractivity contribution < 1.29 is 46.5 Å². The summed E-state index contributed by atoms with van der Waals surface area (Å²) in [6, 6.07) is 18.8. The number of sulfonamides is 1. The normalized spacial score (nSPS) is 15.6. The van der Waals surface area contributed by atoms with Gasteiger partial charge in [0.2, 0.25) is 10.0 Å². The van der Waals surface area contributed by atoms with Gasteiger partial charge in [-0.3, -0.25) is 4.79 Å². The number of halogens is 1. The molecule has 1 aliphatic heterocycles. The van der Waals surface area contributed by atoms with Gasteiger partial charge in [-0.25, -0.2) is 22.4 Å². The molecule has 13 heteroatoms. The van der Waals surface area contributed by atoms with Gasteiger partial charge in [-0.1, -0.05) is 42.5 Å². The summed E-state index contributed by atoms with van der Waals surface area (Å²) >= 11 is 0. The number of ether oxygens (including phenoxy) is 3. The van der Waals surface area contributed by atoms with Crippen LogP contribution >= 0.6 is 0 Å². The van der Waals surface area contributed by atoms with E-state index in [1.54, 1.807) is 26.8 Å². The van der Waals surface area contributed by atoms with Crippen LogP contribution in [0.25, 0.3) is 0 Å². The van der Waals surface area contributed by atoms with E-state index in [4.69, 9.17) is 14.2 Å². The van der Waals surface area contributed by atoms with Gasteiger partial charge < -0.3 is 24.6 Å². The van der Waals surface area contributed by atoms with Crippen LogP contribution in [0.2, 0.25) is 0 Å². The van der Waals surface area contributed by atoms with Gasteiger partial charge in [0, 0.05) is 20.3 Å². The molecule has 246 valence electrons. The maximum Gasteiger partial charge on any atom is 0.411 e. The SMILES string of the molecule is CC(C)(OC(=O)NC(Cc1cccc(S(=O)(=O)N2CC(Oc3ccc(F)cc3)(c3ccccc3)C2)c1)C(=O)O)OC(=O)C(C)(C)C. The molecule has 0 saturated carbocycles. The van der Waals surface area contributed by atoms with Crippen molar-refractivity contribution in [3.63, 3.8) is 0 Å². The third-order valence-corrected chi connectivity index (χ3v) is 8.93. The quantitative estimate of drug-likeness (QED) is 0.218. The fourth-order valence-electron chi connectivity index (χ4n) is 4.68. The highest BCUT2D eigenvalue weighted by Gasteiger charge is 2.52. The van der Waals surface area contributed by atoms with Crippen molar-refractivity contribution in [1.82, 2.24) is 9.62 Å². The number of amides is 1. The Morgan fingerprint density at radius 1 is 0.935 bits per heavy atom. The number of nitrogens with zero attached hydrogens (tertiary/aromatic N) is 1. The van der Waals surface area contributed by atoms with Crippen LogP contribution in [0.1, 0.15) is 45.7 Å². The lowest BCUT2D eigenvalue weighted by molar-refractivity contribution is -0.203. The number of hydrogen-bond donors (Lipinski definition) is 2. The molecule has 1 unspecified atom stereocenters. The summed E-state index contributed by atoms with van der Waals surface area (Å²) in [5, 5.41) is 12.0. The van der Waals surface area contributed by atoms with Gasteiger partial charge in [0.25, 0.3) is 5.79 Å². The second-order valence-corrected chi connectivity index (χ2v) is 14.4. The van der Waals surface area contributed by atoms with Gasteiger partial charge in [-0.15, -0.1) is 0 Å². The maximum absolute atomic E-state index is 13.7. The summed E-state index contributed by atoms with van der Waals surface area (Å²) in [5.74, 6) is -3.74. The number of benzene rings is 3. The molecule has 0 aromatic heterocycles. The summed E-state index contributed by atoms with van der Waals surface area (Å²) in [5.41, 5.74) is -0.805. The summed E-state index contributed by atoms with van der Waals surface area (Å²) in [4.78, 5) is 36.7. The molecule has 1 aliphatic rings. The number of carboxylic acid groups (broad SMARTS) is 1. The number of carboxylic acids is 1. The molecule has 1 saturated heterocycles. The lowest BCUT2D eigenvalue weighted by atomic mass is 9.87. The van der Waals surface area contributed by atoms with Gasteiger partial charge in [-0.2, -0.15) is 4.31 Å². The monoisotopic (exact) mass is 656 g/mol. The topological polar surface area (TPSA) is 149 Å². The van der Waals surface area contributed by atoms with Crippen LogP contribution in [0.3, 0.4) is 0 Å². The van der Waals surface area contributed by atoms with Crippen molar-refractivity contribution in [2.45, 2.75) is 63.4 Å². The average Bonchev–Trinajstić information content (AvgIpc) is 2.95. The van der Waals surface area contributed by atoms with Gasteiger partial charge in [0.1, 0.15) is 17.6 Å². The van der Waals surface area contributed by atoms with Gasteiger partial charge >= 0.3 is 18.0 Å². The molecule has 1 amide bonds. The van der Waals surface area contributed by atoms with E-state index in [1.807, 2.05) is 30.3 Å². The Morgan fingerprint density at radius 2 is 1.57 bits per heavy atom. The minimum Gasteiger partial charge on any atom is -0.480 e. The van der Waals surface area contributed by atoms with Crippen molar-refractivity contribution in [2.24, 2.45) is 5.41 Å². The van der Waals surface area contributed by atoms with Crippen LogP contribution in [0, 0.1) is 11.2 Å². The number of rotatable bonds is 11. The summed E-state index contributed by atoms with van der Waals surface area (Å²) in [6.45, 7) is 7.51. The third-order valence-electron chi connectivity index (χ3n) is 7.15. The summed E-state index contributed by atoms with van der Waals surface area (Å²) < 4.78 is 58.7. The van der Waals surface area contributed by atoms with E-state index in [0.717, 1.165) is 5.56 Å². The van der Waals surface area contributed by atoms with Crippen molar-refractivity contribution in [2.75, 3.05) is 13.1 Å². The predicted octanol–water partition coefficient (Wildman–Crippen LogP) is 4.85. The van der Waals surface area contributed by atoms with E-state index in [-0.39, 0.29) is 24.4 Å². The highest BCUT2D eigenvalue weighted by molar-refractivity contribution is 7.89. The van der Waals surface area contributed by atoms with E-state index in [2.05, 4.69) is 5.32 Å². The van der Waals surface area contributed by atoms with Gasteiger partial charge in [0.15, 0.2) is 5.60 Å². The average molecular weight is 657 g/mol. The zero-order valence-electron chi connectivity index (χ0n) is 26.2. The largest absolute Gasteiger partial charge is 0.480 e. The molecule has 0 spiro atoms. The molecule has 0 aliphatic carbocycles.